The molecule has 1 aliphatic heterocycles. The summed E-state index contributed by atoms with van der Waals surface area (Å²) in [4.78, 5) is 15.0. The summed E-state index contributed by atoms with van der Waals surface area (Å²) >= 11 is 10.9. The normalized spacial score (nSPS) is 21.5. The highest BCUT2D eigenvalue weighted by Gasteiger charge is 2.25. The predicted octanol–water partition coefficient (Wildman–Crippen LogP) is 3.33. The van der Waals surface area contributed by atoms with E-state index in [1.54, 1.807) is 11.3 Å². The van der Waals surface area contributed by atoms with Gasteiger partial charge in [0, 0.05) is 18.0 Å². The van der Waals surface area contributed by atoms with Gasteiger partial charge < -0.3 is 4.90 Å². The summed E-state index contributed by atoms with van der Waals surface area (Å²) in [5.41, 5.74) is 0. The predicted molar refractivity (Wildman–Crippen MR) is 71.6 cm³/mol. The minimum absolute atomic E-state index is 0.0215. The molecule has 1 fully saturated rings. The number of thiophene rings is 1. The summed E-state index contributed by atoms with van der Waals surface area (Å²) in [6.07, 6.45) is 2.95. The molecule has 0 aliphatic carbocycles. The Hall–Kier alpha value is -0.0600. The Morgan fingerprint density at radius 3 is 3.06 bits per heavy atom. The molecular formula is C11H13BrClNOS. The molecule has 2 heterocycles. The fourth-order valence-electron chi connectivity index (χ4n) is 1.85. The largest absolute Gasteiger partial charge is 0.341 e. The Labute approximate surface area is 113 Å². The Morgan fingerprint density at radius 2 is 2.38 bits per heavy atom. The van der Waals surface area contributed by atoms with Crippen LogP contribution in [0.5, 0.6) is 0 Å². The van der Waals surface area contributed by atoms with Gasteiger partial charge in [-0.15, -0.1) is 11.3 Å². The lowest BCUT2D eigenvalue weighted by atomic mass is 10.1. The molecule has 0 aromatic carbocycles. The summed E-state index contributed by atoms with van der Waals surface area (Å²) in [6.45, 7) is 1.69. The third kappa shape index (κ3) is 2.99. The van der Waals surface area contributed by atoms with E-state index in [0.29, 0.717) is 0 Å². The first-order valence-electron chi connectivity index (χ1n) is 5.34. The summed E-state index contributed by atoms with van der Waals surface area (Å²) in [7, 11) is 0. The minimum Gasteiger partial charge on any atom is -0.341 e. The number of amides is 1. The first kappa shape index (κ1) is 12.4. The molecule has 16 heavy (non-hydrogen) atoms. The SMILES string of the molecule is O=C1C(Br)CCCN1CCc1ccc(Cl)s1. The van der Waals surface area contributed by atoms with Crippen LogP contribution in [0.4, 0.5) is 0 Å². The lowest BCUT2D eigenvalue weighted by Crippen LogP contribution is -2.42. The monoisotopic (exact) mass is 321 g/mol. The van der Waals surface area contributed by atoms with Crippen molar-refractivity contribution >= 4 is 44.8 Å². The summed E-state index contributed by atoms with van der Waals surface area (Å²) in [5, 5.41) is 0. The number of hydrogen-bond donors (Lipinski definition) is 0. The van der Waals surface area contributed by atoms with Gasteiger partial charge in [0.05, 0.1) is 9.16 Å². The number of piperidine rings is 1. The molecule has 1 saturated heterocycles. The number of carbonyl (C=O) groups is 1. The van der Waals surface area contributed by atoms with Crippen LogP contribution in [0.15, 0.2) is 12.1 Å². The van der Waals surface area contributed by atoms with Crippen LogP contribution in [-0.2, 0) is 11.2 Å². The van der Waals surface area contributed by atoms with E-state index in [-0.39, 0.29) is 10.7 Å². The van der Waals surface area contributed by atoms with E-state index in [1.807, 2.05) is 17.0 Å². The second kappa shape index (κ2) is 5.52. The van der Waals surface area contributed by atoms with Crippen molar-refractivity contribution in [2.24, 2.45) is 0 Å². The molecule has 0 N–H and O–H groups in total. The third-order valence-corrected chi connectivity index (χ3v) is 4.86. The van der Waals surface area contributed by atoms with Crippen LogP contribution < -0.4 is 0 Å². The molecule has 1 unspecified atom stereocenters. The summed E-state index contributed by atoms with van der Waals surface area (Å²) in [6, 6.07) is 3.94. The number of likely N-dealkylation sites (tertiary alicyclic amines) is 1. The smallest absolute Gasteiger partial charge is 0.236 e. The maximum Gasteiger partial charge on any atom is 0.236 e. The highest BCUT2D eigenvalue weighted by Crippen LogP contribution is 2.23. The van der Waals surface area contributed by atoms with Crippen molar-refractivity contribution in [3.05, 3.63) is 21.3 Å². The molecule has 5 heteroatoms. The van der Waals surface area contributed by atoms with Gasteiger partial charge in [0.2, 0.25) is 5.91 Å². The highest BCUT2D eigenvalue weighted by atomic mass is 79.9. The number of nitrogens with zero attached hydrogens (tertiary/aromatic N) is 1. The second-order valence-corrected chi connectivity index (χ2v) is 6.80. The van der Waals surface area contributed by atoms with Crippen LogP contribution in [0, 0.1) is 0 Å². The average molecular weight is 323 g/mol. The van der Waals surface area contributed by atoms with E-state index >= 15 is 0 Å². The quantitative estimate of drug-likeness (QED) is 0.782. The van der Waals surface area contributed by atoms with E-state index in [9.17, 15) is 4.79 Å². The molecule has 88 valence electrons. The van der Waals surface area contributed by atoms with Gasteiger partial charge >= 0.3 is 0 Å². The van der Waals surface area contributed by atoms with E-state index in [4.69, 9.17) is 11.6 Å². The molecule has 1 atom stereocenters. The van der Waals surface area contributed by atoms with Crippen molar-refractivity contribution in [2.75, 3.05) is 13.1 Å². The van der Waals surface area contributed by atoms with E-state index in [0.717, 1.165) is 36.7 Å². The molecule has 0 bridgehead atoms. The number of hydrogen-bond acceptors (Lipinski definition) is 2. The molecular weight excluding hydrogens is 310 g/mol. The molecule has 0 saturated carbocycles. The van der Waals surface area contributed by atoms with E-state index < -0.39 is 0 Å². The lowest BCUT2D eigenvalue weighted by Gasteiger charge is -2.29. The van der Waals surface area contributed by atoms with Gasteiger partial charge in [0.1, 0.15) is 0 Å². The first-order valence-corrected chi connectivity index (χ1v) is 7.45. The van der Waals surface area contributed by atoms with Crippen molar-refractivity contribution < 1.29 is 4.79 Å². The molecule has 0 radical (unpaired) electrons. The summed E-state index contributed by atoms with van der Waals surface area (Å²) in [5.74, 6) is 0.230. The topological polar surface area (TPSA) is 20.3 Å². The van der Waals surface area contributed by atoms with Crippen LogP contribution in [-0.4, -0.2) is 28.7 Å². The molecule has 2 nitrogen and oxygen atoms in total. The number of halogens is 2. The van der Waals surface area contributed by atoms with Gasteiger partial charge in [-0.05, 0) is 31.4 Å². The molecule has 1 aromatic rings. The lowest BCUT2D eigenvalue weighted by molar-refractivity contribution is -0.132. The van der Waals surface area contributed by atoms with Crippen LogP contribution in [0.1, 0.15) is 17.7 Å². The van der Waals surface area contributed by atoms with Gasteiger partial charge in [-0.25, -0.2) is 0 Å². The molecule has 0 spiro atoms. The van der Waals surface area contributed by atoms with Crippen molar-refractivity contribution in [1.82, 2.24) is 4.90 Å². The zero-order valence-electron chi connectivity index (χ0n) is 8.79. The molecule has 1 aromatic heterocycles. The van der Waals surface area contributed by atoms with Crippen molar-refractivity contribution in [2.45, 2.75) is 24.1 Å². The number of carbonyl (C=O) groups excluding carboxylic acids is 1. The van der Waals surface area contributed by atoms with Gasteiger partial charge in [0.15, 0.2) is 0 Å². The zero-order valence-corrected chi connectivity index (χ0v) is 11.9. The molecule has 2 rings (SSSR count). The number of alkyl halides is 1. The highest BCUT2D eigenvalue weighted by molar-refractivity contribution is 9.10. The van der Waals surface area contributed by atoms with Crippen molar-refractivity contribution in [1.29, 1.82) is 0 Å². The Kier molecular flexibility index (Phi) is 4.27. The molecule has 1 amide bonds. The summed E-state index contributed by atoms with van der Waals surface area (Å²) < 4.78 is 0.818. The first-order chi connectivity index (χ1) is 7.66. The maximum absolute atomic E-state index is 11.8. The fourth-order valence-corrected chi connectivity index (χ4v) is 3.54. The van der Waals surface area contributed by atoms with Crippen LogP contribution >= 0.6 is 38.9 Å². The average Bonchev–Trinajstić information content (AvgIpc) is 2.67. The third-order valence-electron chi connectivity index (χ3n) is 2.72. The van der Waals surface area contributed by atoms with Crippen molar-refractivity contribution in [3.8, 4) is 0 Å². The Bertz CT molecular complexity index is 382. The Morgan fingerprint density at radius 1 is 1.56 bits per heavy atom. The zero-order chi connectivity index (χ0) is 11.5. The molecule has 1 aliphatic rings. The number of rotatable bonds is 3. The van der Waals surface area contributed by atoms with Gasteiger partial charge in [-0.2, -0.15) is 0 Å². The van der Waals surface area contributed by atoms with Crippen LogP contribution in [0.25, 0.3) is 0 Å². The second-order valence-electron chi connectivity index (χ2n) is 3.89. The van der Waals surface area contributed by atoms with Gasteiger partial charge in [-0.3, -0.25) is 4.79 Å². The maximum atomic E-state index is 11.8. The van der Waals surface area contributed by atoms with Crippen LogP contribution in [0.3, 0.4) is 0 Å². The van der Waals surface area contributed by atoms with Gasteiger partial charge in [0.25, 0.3) is 0 Å². The van der Waals surface area contributed by atoms with Gasteiger partial charge in [-0.1, -0.05) is 27.5 Å². The Balaban J connectivity index is 1.87. The van der Waals surface area contributed by atoms with E-state index in [1.165, 1.54) is 4.88 Å². The minimum atomic E-state index is 0.0215. The standard InChI is InChI=1S/C11H13BrClNOS/c12-9-2-1-6-14(11(9)15)7-5-8-3-4-10(13)16-8/h3-4,9H,1-2,5-7H2. The van der Waals surface area contributed by atoms with E-state index in [2.05, 4.69) is 15.9 Å². The van der Waals surface area contributed by atoms with Crippen molar-refractivity contribution in [3.63, 3.8) is 0 Å². The fraction of sp³-hybridized carbons (Fsp3) is 0.545. The van der Waals surface area contributed by atoms with Crippen LogP contribution in [0.2, 0.25) is 4.34 Å².